The van der Waals surface area contributed by atoms with Crippen molar-refractivity contribution in [1.29, 1.82) is 0 Å². The van der Waals surface area contributed by atoms with Gasteiger partial charge in [-0.1, -0.05) is 24.3 Å². The van der Waals surface area contributed by atoms with Gasteiger partial charge in [0.1, 0.15) is 0 Å². The van der Waals surface area contributed by atoms with Gasteiger partial charge in [-0.3, -0.25) is 9.78 Å². The van der Waals surface area contributed by atoms with Crippen molar-refractivity contribution in [2.24, 2.45) is 0 Å². The number of para-hydroxylation sites is 2. The molecule has 1 aliphatic heterocycles. The second-order valence-electron chi connectivity index (χ2n) is 3.23. The lowest BCUT2D eigenvalue weighted by atomic mass is 10.3. The first kappa shape index (κ1) is 9.06. The molecule has 2 aromatic carbocycles. The van der Waals surface area contributed by atoms with Crippen molar-refractivity contribution in [1.82, 2.24) is 0 Å². The molecular weight excluding hydrogens is 208 g/mol. The van der Waals surface area contributed by atoms with E-state index in [1.807, 2.05) is 30.3 Å². The van der Waals surface area contributed by atoms with Crippen LogP contribution in [0.5, 0.6) is 23.0 Å². The van der Waals surface area contributed by atoms with E-state index in [0.717, 1.165) is 5.75 Å². The zero-order valence-corrected chi connectivity index (χ0v) is 8.25. The van der Waals surface area contributed by atoms with Gasteiger partial charge in [-0.2, -0.15) is 0 Å². The molecule has 0 radical (unpaired) electrons. The van der Waals surface area contributed by atoms with Crippen molar-refractivity contribution in [2.45, 2.75) is 0 Å². The van der Waals surface area contributed by atoms with Gasteiger partial charge >= 0.3 is 0 Å². The van der Waals surface area contributed by atoms with Crippen LogP contribution in [0.1, 0.15) is 0 Å². The van der Waals surface area contributed by atoms with Crippen LogP contribution < -0.4 is 14.5 Å². The van der Waals surface area contributed by atoms with Gasteiger partial charge < -0.3 is 4.74 Å². The minimum atomic E-state index is 0.508. The maximum Gasteiger partial charge on any atom is 0.216 e. The maximum atomic E-state index is 5.11. The van der Waals surface area contributed by atoms with Crippen molar-refractivity contribution in [3.05, 3.63) is 48.5 Å². The van der Waals surface area contributed by atoms with Gasteiger partial charge in [0.25, 0.3) is 0 Å². The van der Waals surface area contributed by atoms with Gasteiger partial charge in [0.2, 0.25) is 11.5 Å². The van der Waals surface area contributed by atoms with Crippen molar-refractivity contribution < 1.29 is 19.6 Å². The van der Waals surface area contributed by atoms with Crippen LogP contribution in [-0.4, -0.2) is 0 Å². The topological polar surface area (TPSA) is 40.2 Å². The van der Waals surface area contributed by atoms with Gasteiger partial charge in [-0.25, -0.2) is 0 Å². The van der Waals surface area contributed by atoms with E-state index in [1.165, 1.54) is 0 Å². The highest BCUT2D eigenvalue weighted by molar-refractivity contribution is 5.62. The van der Waals surface area contributed by atoms with Crippen LogP contribution >= 0.6 is 0 Å². The lowest BCUT2D eigenvalue weighted by Crippen LogP contribution is -2.01. The molecule has 0 N–H and O–H groups in total. The van der Waals surface area contributed by atoms with E-state index in [9.17, 15) is 0 Å². The molecule has 0 saturated carbocycles. The maximum absolute atomic E-state index is 5.11. The Morgan fingerprint density at radius 2 is 1.69 bits per heavy atom. The predicted octanol–water partition coefficient (Wildman–Crippen LogP) is 3.10. The largest absolute Gasteiger partial charge is 0.445 e. The Hall–Kier alpha value is -2.20. The number of ether oxygens (including phenoxy) is 1. The van der Waals surface area contributed by atoms with Gasteiger partial charge in [-0.05, 0) is 24.3 Å². The average Bonchev–Trinajstić information content (AvgIpc) is 3.10. The van der Waals surface area contributed by atoms with Gasteiger partial charge in [0.05, 0.1) is 0 Å². The fourth-order valence-corrected chi connectivity index (χ4v) is 1.30. The standard InChI is InChI=1S/C12H8O4/c1-2-5-9(6-3-1)14-16-15-11-8-4-7-10-12(11)13-10/h1-8H. The Morgan fingerprint density at radius 1 is 0.812 bits per heavy atom. The Labute approximate surface area is 91.8 Å². The highest BCUT2D eigenvalue weighted by atomic mass is 17.5. The molecule has 80 valence electrons. The van der Waals surface area contributed by atoms with E-state index >= 15 is 0 Å². The molecule has 0 aromatic heterocycles. The molecule has 0 saturated heterocycles. The average molecular weight is 216 g/mol. The summed E-state index contributed by atoms with van der Waals surface area (Å²) < 4.78 is 5.11. The first-order chi connectivity index (χ1) is 7.93. The number of fused-ring (bicyclic) bond motifs is 1. The number of rotatable bonds is 4. The van der Waals surface area contributed by atoms with E-state index in [1.54, 1.807) is 18.2 Å². The van der Waals surface area contributed by atoms with E-state index in [0.29, 0.717) is 17.2 Å². The summed E-state index contributed by atoms with van der Waals surface area (Å²) in [7, 11) is 0. The monoisotopic (exact) mass is 216 g/mol. The molecule has 0 spiro atoms. The summed E-state index contributed by atoms with van der Waals surface area (Å²) in [6.45, 7) is 0. The summed E-state index contributed by atoms with van der Waals surface area (Å²) in [6.07, 6.45) is 0. The molecule has 3 rings (SSSR count). The van der Waals surface area contributed by atoms with E-state index in [4.69, 9.17) is 14.5 Å². The molecule has 4 nitrogen and oxygen atoms in total. The lowest BCUT2D eigenvalue weighted by molar-refractivity contribution is -0.411. The quantitative estimate of drug-likeness (QED) is 0.381. The minimum Gasteiger partial charge on any atom is -0.445 e. The highest BCUT2D eigenvalue weighted by Gasteiger charge is 2.26. The Kier molecular flexibility index (Phi) is 2.12. The van der Waals surface area contributed by atoms with Crippen LogP contribution in [0.15, 0.2) is 48.5 Å². The van der Waals surface area contributed by atoms with Crippen molar-refractivity contribution >= 4 is 0 Å². The molecule has 0 aliphatic carbocycles. The number of hydrogen-bond donors (Lipinski definition) is 0. The van der Waals surface area contributed by atoms with Crippen molar-refractivity contribution in [2.75, 3.05) is 0 Å². The number of hydrogen-bond acceptors (Lipinski definition) is 4. The van der Waals surface area contributed by atoms with E-state index < -0.39 is 0 Å². The summed E-state index contributed by atoms with van der Waals surface area (Å²) >= 11 is 0. The summed E-state index contributed by atoms with van der Waals surface area (Å²) in [5.74, 6) is 2.58. The van der Waals surface area contributed by atoms with Gasteiger partial charge in [0.15, 0.2) is 11.5 Å². The van der Waals surface area contributed by atoms with Crippen LogP contribution in [0.2, 0.25) is 0 Å². The molecule has 0 atom stereocenters. The molecule has 1 aliphatic rings. The zero-order chi connectivity index (χ0) is 10.8. The minimum absolute atomic E-state index is 0.508. The second kappa shape index (κ2) is 3.75. The van der Waals surface area contributed by atoms with Crippen molar-refractivity contribution in [3.8, 4) is 23.0 Å². The SMILES string of the molecule is c1ccc(OOOc2cccc3c2O3)cc1. The Morgan fingerprint density at radius 3 is 2.56 bits per heavy atom. The molecule has 0 bridgehead atoms. The molecule has 16 heavy (non-hydrogen) atoms. The fraction of sp³-hybridized carbons (Fsp3) is 0. The molecule has 1 heterocycles. The third kappa shape index (κ3) is 1.78. The van der Waals surface area contributed by atoms with Crippen LogP contribution in [-0.2, 0) is 5.04 Å². The molecule has 4 heteroatoms. The van der Waals surface area contributed by atoms with Crippen LogP contribution in [0.4, 0.5) is 0 Å². The Bertz CT molecular complexity index is 496. The molecule has 2 aromatic rings. The third-order valence-electron chi connectivity index (χ3n) is 2.11. The smallest absolute Gasteiger partial charge is 0.216 e. The first-order valence-electron chi connectivity index (χ1n) is 4.80. The molecule has 0 amide bonds. The zero-order valence-electron chi connectivity index (χ0n) is 8.25. The molecule has 0 fully saturated rings. The third-order valence-corrected chi connectivity index (χ3v) is 2.11. The summed E-state index contributed by atoms with van der Waals surface area (Å²) in [5, 5.41) is 4.64. The normalized spacial score (nSPS) is 11.2. The summed E-state index contributed by atoms with van der Waals surface area (Å²) in [4.78, 5) is 9.86. The second-order valence-corrected chi connectivity index (χ2v) is 3.23. The van der Waals surface area contributed by atoms with E-state index in [2.05, 4.69) is 5.04 Å². The van der Waals surface area contributed by atoms with Gasteiger partial charge in [-0.15, -0.1) is 0 Å². The predicted molar refractivity (Wildman–Crippen MR) is 55.3 cm³/mol. The van der Waals surface area contributed by atoms with Gasteiger partial charge in [0, 0.05) is 5.04 Å². The number of benzene rings is 2. The summed E-state index contributed by atoms with van der Waals surface area (Å²) in [6, 6.07) is 14.5. The van der Waals surface area contributed by atoms with Crippen LogP contribution in [0, 0.1) is 0 Å². The summed E-state index contributed by atoms with van der Waals surface area (Å²) in [5.41, 5.74) is 0. The van der Waals surface area contributed by atoms with Crippen LogP contribution in [0.3, 0.4) is 0 Å². The first-order valence-corrected chi connectivity index (χ1v) is 4.80. The Balaban J connectivity index is 1.57. The molecular formula is C12H8O4. The molecule has 0 unspecified atom stereocenters. The lowest BCUT2D eigenvalue weighted by Gasteiger charge is -2.02. The van der Waals surface area contributed by atoms with Crippen LogP contribution in [0.25, 0.3) is 0 Å². The fourth-order valence-electron chi connectivity index (χ4n) is 1.30. The van der Waals surface area contributed by atoms with E-state index in [-0.39, 0.29) is 0 Å². The van der Waals surface area contributed by atoms with Crippen molar-refractivity contribution in [3.63, 3.8) is 0 Å². The highest BCUT2D eigenvalue weighted by Crippen LogP contribution is 2.52.